The minimum Gasteiger partial charge on any atom is -0.459 e. The minimum absolute atomic E-state index is 0.0520. The summed E-state index contributed by atoms with van der Waals surface area (Å²) in [5.74, 6) is -1.04. The fourth-order valence-electron chi connectivity index (χ4n) is 4.87. The topological polar surface area (TPSA) is 135 Å². The molecule has 0 bridgehead atoms. The second-order valence-corrected chi connectivity index (χ2v) is 9.91. The fourth-order valence-corrected chi connectivity index (χ4v) is 4.87. The Bertz CT molecular complexity index is 1730. The van der Waals surface area contributed by atoms with E-state index in [1.54, 1.807) is 77.4 Å². The number of carbonyl (C=O) groups excluding carboxylic acids is 3. The Morgan fingerprint density at radius 3 is 2.09 bits per heavy atom. The first-order valence-corrected chi connectivity index (χ1v) is 13.7. The van der Waals surface area contributed by atoms with Gasteiger partial charge in [0.25, 0.3) is 5.91 Å². The van der Waals surface area contributed by atoms with Crippen molar-refractivity contribution in [1.29, 1.82) is 0 Å². The molecule has 0 saturated carbocycles. The van der Waals surface area contributed by atoms with E-state index in [1.807, 2.05) is 18.2 Å². The highest BCUT2D eigenvalue weighted by atomic mass is 16.6. The third kappa shape index (κ3) is 6.41. The highest BCUT2D eigenvalue weighted by Crippen LogP contribution is 2.33. The van der Waals surface area contributed by atoms with Crippen LogP contribution in [0.4, 0.5) is 5.82 Å². The Labute approximate surface area is 246 Å². The lowest BCUT2D eigenvalue weighted by molar-refractivity contribution is -0.143. The summed E-state index contributed by atoms with van der Waals surface area (Å²) >= 11 is 0. The van der Waals surface area contributed by atoms with E-state index in [9.17, 15) is 14.4 Å². The predicted octanol–water partition coefficient (Wildman–Crippen LogP) is 4.84. The largest absolute Gasteiger partial charge is 0.459 e. The number of nitrogens with zero attached hydrogens (tertiary/aromatic N) is 4. The van der Waals surface area contributed by atoms with E-state index >= 15 is 0 Å². The molecule has 2 aromatic heterocycles. The Morgan fingerprint density at radius 2 is 1.42 bits per heavy atom. The van der Waals surface area contributed by atoms with Crippen LogP contribution < -0.4 is 5.32 Å². The van der Waals surface area contributed by atoms with Gasteiger partial charge in [0, 0.05) is 18.4 Å². The van der Waals surface area contributed by atoms with Crippen molar-refractivity contribution in [3.05, 3.63) is 120 Å². The van der Waals surface area contributed by atoms with Crippen LogP contribution in [0.2, 0.25) is 0 Å². The molecule has 1 aliphatic heterocycles. The second kappa shape index (κ2) is 12.6. The number of anilines is 1. The molecule has 1 saturated heterocycles. The molecule has 43 heavy (non-hydrogen) atoms. The standard InChI is InChI=1S/C32H27N5O6/c38-30(21-10-4-1-5-11-21)36-28-27-29(34-19-33-28)37(20-35-27)26-17-24(43-32(40)23-14-8-3-9-15-23)16-25(42-26)18-41-31(39)22-12-6-2-7-13-22/h1-15,19-20,24-26H,16-18H2,(H,33,34,36,38)/t24-,25+,26-/m1/s1. The summed E-state index contributed by atoms with van der Waals surface area (Å²) in [6, 6.07) is 26.1. The lowest BCUT2D eigenvalue weighted by Crippen LogP contribution is -2.39. The molecule has 0 aliphatic carbocycles. The number of hydrogen-bond donors (Lipinski definition) is 1. The smallest absolute Gasteiger partial charge is 0.338 e. The molecular formula is C32H27N5O6. The molecule has 3 heterocycles. The van der Waals surface area contributed by atoms with Gasteiger partial charge >= 0.3 is 11.9 Å². The summed E-state index contributed by atoms with van der Waals surface area (Å²) in [6.45, 7) is -0.0520. The van der Waals surface area contributed by atoms with Crippen molar-refractivity contribution in [2.45, 2.75) is 31.3 Å². The molecule has 3 aromatic carbocycles. The van der Waals surface area contributed by atoms with Gasteiger partial charge in [-0.05, 0) is 36.4 Å². The number of ether oxygens (including phenoxy) is 3. The molecule has 1 aliphatic rings. The minimum atomic E-state index is -0.666. The first-order chi connectivity index (χ1) is 21.0. The second-order valence-electron chi connectivity index (χ2n) is 9.91. The number of hydrogen-bond acceptors (Lipinski definition) is 9. The van der Waals surface area contributed by atoms with E-state index in [4.69, 9.17) is 14.2 Å². The van der Waals surface area contributed by atoms with Crippen LogP contribution in [0.5, 0.6) is 0 Å². The number of nitrogens with one attached hydrogen (secondary N) is 1. The Balaban J connectivity index is 1.23. The number of carbonyl (C=O) groups is 3. The van der Waals surface area contributed by atoms with Gasteiger partial charge in [0.05, 0.1) is 23.6 Å². The highest BCUT2D eigenvalue weighted by Gasteiger charge is 2.35. The molecule has 11 heteroatoms. The van der Waals surface area contributed by atoms with Crippen molar-refractivity contribution in [3.63, 3.8) is 0 Å². The lowest BCUT2D eigenvalue weighted by atomic mass is 10.0. The van der Waals surface area contributed by atoms with Gasteiger partial charge in [-0.3, -0.25) is 9.36 Å². The van der Waals surface area contributed by atoms with Gasteiger partial charge in [0.1, 0.15) is 25.3 Å². The number of imidazole rings is 1. The zero-order chi connectivity index (χ0) is 29.6. The van der Waals surface area contributed by atoms with Gasteiger partial charge in [0.15, 0.2) is 17.0 Å². The van der Waals surface area contributed by atoms with Crippen molar-refractivity contribution < 1.29 is 28.6 Å². The molecule has 11 nitrogen and oxygen atoms in total. The van der Waals surface area contributed by atoms with Crippen LogP contribution in [0, 0.1) is 0 Å². The average Bonchev–Trinajstić information content (AvgIpc) is 3.50. The zero-order valence-corrected chi connectivity index (χ0v) is 22.9. The quantitative estimate of drug-likeness (QED) is 0.257. The van der Waals surface area contributed by atoms with E-state index in [1.165, 1.54) is 12.7 Å². The summed E-state index contributed by atoms with van der Waals surface area (Å²) in [7, 11) is 0. The van der Waals surface area contributed by atoms with E-state index in [0.717, 1.165) is 0 Å². The van der Waals surface area contributed by atoms with Gasteiger partial charge in [-0.1, -0.05) is 54.6 Å². The monoisotopic (exact) mass is 577 g/mol. The van der Waals surface area contributed by atoms with Gasteiger partial charge in [-0.15, -0.1) is 0 Å². The third-order valence-electron chi connectivity index (χ3n) is 6.97. The van der Waals surface area contributed by atoms with Gasteiger partial charge < -0.3 is 19.5 Å². The Hall–Kier alpha value is -5.42. The molecule has 0 unspecified atom stereocenters. The number of amides is 1. The normalized spacial score (nSPS) is 18.1. The fraction of sp³-hybridized carbons (Fsp3) is 0.188. The molecule has 0 spiro atoms. The van der Waals surface area contributed by atoms with Crippen molar-refractivity contribution in [3.8, 4) is 0 Å². The van der Waals surface area contributed by atoms with E-state index in [0.29, 0.717) is 40.7 Å². The molecule has 1 fully saturated rings. The van der Waals surface area contributed by atoms with Crippen LogP contribution in [0.15, 0.2) is 104 Å². The molecule has 3 atom stereocenters. The maximum absolute atomic E-state index is 12.9. The van der Waals surface area contributed by atoms with Crippen molar-refractivity contribution in [2.24, 2.45) is 0 Å². The summed E-state index contributed by atoms with van der Waals surface area (Å²) in [4.78, 5) is 51.4. The van der Waals surface area contributed by atoms with Crippen LogP contribution in [0.1, 0.15) is 50.1 Å². The van der Waals surface area contributed by atoms with Crippen molar-refractivity contribution >= 4 is 34.8 Å². The van der Waals surface area contributed by atoms with Crippen LogP contribution in [0.25, 0.3) is 11.2 Å². The number of fused-ring (bicyclic) bond motifs is 1. The van der Waals surface area contributed by atoms with E-state index < -0.39 is 30.4 Å². The number of benzene rings is 3. The SMILES string of the molecule is O=C(Nc1ncnc2c1ncn2[C@H]1C[C@H](OC(=O)c2ccccc2)C[C@@H](COC(=O)c2ccccc2)O1)c1ccccc1. The predicted molar refractivity (Wildman–Crippen MR) is 155 cm³/mol. The number of aromatic nitrogens is 4. The van der Waals surface area contributed by atoms with Crippen LogP contribution in [0.3, 0.4) is 0 Å². The maximum Gasteiger partial charge on any atom is 0.338 e. The summed E-state index contributed by atoms with van der Waals surface area (Å²) in [5, 5.41) is 2.79. The third-order valence-corrected chi connectivity index (χ3v) is 6.97. The maximum atomic E-state index is 12.9. The van der Waals surface area contributed by atoms with Crippen LogP contribution >= 0.6 is 0 Å². The molecular weight excluding hydrogens is 550 g/mol. The molecule has 1 amide bonds. The first kappa shape index (κ1) is 27.7. The molecule has 216 valence electrons. The summed E-state index contributed by atoms with van der Waals surface area (Å²) in [6.07, 6.45) is 1.67. The summed E-state index contributed by atoms with van der Waals surface area (Å²) in [5.41, 5.74) is 2.10. The number of rotatable bonds is 8. The molecule has 0 radical (unpaired) electrons. The summed E-state index contributed by atoms with van der Waals surface area (Å²) < 4.78 is 19.5. The van der Waals surface area contributed by atoms with Gasteiger partial charge in [0.2, 0.25) is 0 Å². The first-order valence-electron chi connectivity index (χ1n) is 13.7. The average molecular weight is 578 g/mol. The Kier molecular flexibility index (Phi) is 8.14. The Morgan fingerprint density at radius 1 is 0.791 bits per heavy atom. The van der Waals surface area contributed by atoms with E-state index in [2.05, 4.69) is 20.3 Å². The van der Waals surface area contributed by atoms with Crippen molar-refractivity contribution in [1.82, 2.24) is 19.5 Å². The highest BCUT2D eigenvalue weighted by molar-refractivity contribution is 6.06. The van der Waals surface area contributed by atoms with E-state index in [-0.39, 0.29) is 18.3 Å². The van der Waals surface area contributed by atoms with Gasteiger partial charge in [-0.25, -0.2) is 24.5 Å². The zero-order valence-electron chi connectivity index (χ0n) is 22.9. The van der Waals surface area contributed by atoms with Crippen LogP contribution in [-0.4, -0.2) is 56.2 Å². The van der Waals surface area contributed by atoms with Gasteiger partial charge in [-0.2, -0.15) is 0 Å². The van der Waals surface area contributed by atoms with Crippen LogP contribution in [-0.2, 0) is 14.2 Å². The number of esters is 2. The molecule has 1 N–H and O–H groups in total. The lowest BCUT2D eigenvalue weighted by Gasteiger charge is -2.35. The molecule has 5 aromatic rings. The molecule has 6 rings (SSSR count). The van der Waals surface area contributed by atoms with Crippen molar-refractivity contribution in [2.75, 3.05) is 11.9 Å².